The fourth-order valence-corrected chi connectivity index (χ4v) is 7.15. The smallest absolute Gasteiger partial charge is 0 e. The van der Waals surface area contributed by atoms with Crippen molar-refractivity contribution in [1.29, 1.82) is 0 Å². The molecule has 0 bridgehead atoms. The van der Waals surface area contributed by atoms with Crippen LogP contribution in [-0.2, 0) is 25.5 Å². The Morgan fingerprint density at radius 2 is 1.59 bits per heavy atom. The number of hydrogen-bond acceptors (Lipinski definition) is 3. The second-order valence-electron chi connectivity index (χ2n) is 8.13. The molecule has 4 rings (SSSR count). The fourth-order valence-electron chi connectivity index (χ4n) is 4.43. The van der Waals surface area contributed by atoms with Crippen molar-refractivity contribution in [2.24, 2.45) is 0 Å². The first-order valence-corrected chi connectivity index (χ1v) is 12.7. The molecule has 1 aliphatic heterocycles. The van der Waals surface area contributed by atoms with Gasteiger partial charge in [0.25, 0.3) is 0 Å². The number of hydrogen-bond donors (Lipinski definition) is 2. The molecule has 173 valence electrons. The van der Waals surface area contributed by atoms with Crippen molar-refractivity contribution >= 4 is 23.9 Å². The molecule has 2 unspecified atom stereocenters. The van der Waals surface area contributed by atoms with E-state index in [0.29, 0.717) is 21.4 Å². The molecule has 0 saturated heterocycles. The maximum absolute atomic E-state index is 8.56. The third-order valence-electron chi connectivity index (χ3n) is 5.87. The van der Waals surface area contributed by atoms with E-state index in [4.69, 9.17) is 10.2 Å². The first-order chi connectivity index (χ1) is 14.9. The second-order valence-corrected chi connectivity index (χ2v) is 10.4. The largest absolute Gasteiger partial charge is 0 e. The van der Waals surface area contributed by atoms with Gasteiger partial charge in [-0.3, -0.25) is 0 Å². The van der Waals surface area contributed by atoms with E-state index in [1.165, 1.54) is 25.6 Å². The van der Waals surface area contributed by atoms with Gasteiger partial charge >= 0.3 is 150 Å². The summed E-state index contributed by atoms with van der Waals surface area (Å²) < 4.78 is 3.02. The van der Waals surface area contributed by atoms with Gasteiger partial charge < -0.3 is 10.2 Å². The first kappa shape index (κ1) is 26.9. The quantitative estimate of drug-likeness (QED) is 0.321. The van der Waals surface area contributed by atoms with Crippen molar-refractivity contribution in [1.82, 2.24) is 4.98 Å². The maximum atomic E-state index is 8.56. The summed E-state index contributed by atoms with van der Waals surface area (Å²) in [6.07, 6.45) is 3.80. The standard InChI is InChI=1S/C22H20NSe.C5H12O2.Ir/c1-3-22(4-2)17-11-5-6-13-19(17)24-20-14-9-10-16(21(20)22)18-12-7-8-15-23-18;1-4(6)3-5(2)7;/h5-9,11-15H,3-4H2,1-2H3;4-7H,3H2,1-2H3;/q-1;;. The average Bonchev–Trinajstić information content (AvgIpc) is 2.77. The Bertz CT molecular complexity index is 982. The minimum absolute atomic E-state index is 0. The van der Waals surface area contributed by atoms with Crippen molar-refractivity contribution < 1.29 is 30.3 Å². The molecular weight excluding hydrogens is 641 g/mol. The van der Waals surface area contributed by atoms with Crippen molar-refractivity contribution in [2.75, 3.05) is 0 Å². The van der Waals surface area contributed by atoms with Crippen LogP contribution in [0.4, 0.5) is 0 Å². The Balaban J connectivity index is 0.000000398. The fraction of sp³-hybridized carbons (Fsp3) is 0.370. The van der Waals surface area contributed by atoms with Crippen LogP contribution in [0.25, 0.3) is 11.3 Å². The number of nitrogens with zero attached hydrogens (tertiary/aromatic N) is 1. The van der Waals surface area contributed by atoms with Gasteiger partial charge in [-0.25, -0.2) is 0 Å². The molecule has 0 amide bonds. The normalized spacial score (nSPS) is 15.2. The van der Waals surface area contributed by atoms with Crippen LogP contribution in [-0.4, -0.2) is 42.4 Å². The van der Waals surface area contributed by atoms with Crippen LogP contribution in [0.15, 0.2) is 60.8 Å². The number of pyridine rings is 1. The van der Waals surface area contributed by atoms with Gasteiger partial charge in [0, 0.05) is 20.1 Å². The summed E-state index contributed by atoms with van der Waals surface area (Å²) in [4.78, 5) is 4.62. The van der Waals surface area contributed by atoms with Crippen molar-refractivity contribution in [3.05, 3.63) is 78.0 Å². The molecule has 3 aromatic rings. The van der Waals surface area contributed by atoms with E-state index in [0.717, 1.165) is 18.5 Å². The topological polar surface area (TPSA) is 53.4 Å². The van der Waals surface area contributed by atoms with Crippen LogP contribution < -0.4 is 8.92 Å². The van der Waals surface area contributed by atoms with Gasteiger partial charge in [-0.1, -0.05) is 0 Å². The summed E-state index contributed by atoms with van der Waals surface area (Å²) in [7, 11) is 0. The SMILES string of the molecule is CC(O)CC(C)O.CCC1(CC)c2ccccc2[Se]c2cc[c-]c(-c3ccccn3)c21.[Ir]. The van der Waals surface area contributed by atoms with E-state index in [1.807, 2.05) is 12.3 Å². The van der Waals surface area contributed by atoms with Crippen LogP contribution in [0.2, 0.25) is 0 Å². The number of aliphatic hydroxyl groups excluding tert-OH is 2. The molecule has 2 atom stereocenters. The van der Waals surface area contributed by atoms with Gasteiger partial charge in [0.15, 0.2) is 0 Å². The van der Waals surface area contributed by atoms with E-state index in [2.05, 4.69) is 73.4 Å². The number of aromatic nitrogens is 1. The van der Waals surface area contributed by atoms with Crippen LogP contribution in [0, 0.1) is 6.07 Å². The first-order valence-electron chi connectivity index (χ1n) is 11.0. The predicted octanol–water partition coefficient (Wildman–Crippen LogP) is 3.76. The Kier molecular flexibility index (Phi) is 10.3. The van der Waals surface area contributed by atoms with E-state index in [-0.39, 0.29) is 37.7 Å². The molecule has 32 heavy (non-hydrogen) atoms. The third-order valence-corrected chi connectivity index (χ3v) is 8.25. The summed E-state index contributed by atoms with van der Waals surface area (Å²) in [6, 6.07) is 23.0. The van der Waals surface area contributed by atoms with Gasteiger partial charge in [0.05, 0.1) is 12.2 Å². The molecule has 5 heteroatoms. The Hall–Kier alpha value is -1.32. The van der Waals surface area contributed by atoms with Gasteiger partial charge in [-0.15, -0.1) is 0 Å². The monoisotopic (exact) mass is 675 g/mol. The molecule has 1 radical (unpaired) electrons. The minimum Gasteiger partial charge on any atom is 0 e. The minimum atomic E-state index is -0.375. The second kappa shape index (κ2) is 12.2. The molecule has 2 aromatic carbocycles. The zero-order chi connectivity index (χ0) is 22.4. The van der Waals surface area contributed by atoms with Gasteiger partial charge in [0.1, 0.15) is 0 Å². The van der Waals surface area contributed by atoms with Crippen LogP contribution in [0.5, 0.6) is 0 Å². The van der Waals surface area contributed by atoms with E-state index >= 15 is 0 Å². The summed E-state index contributed by atoms with van der Waals surface area (Å²) >= 11 is 0.346. The van der Waals surface area contributed by atoms with Gasteiger partial charge in [-0.2, -0.15) is 0 Å². The van der Waals surface area contributed by atoms with Crippen molar-refractivity contribution in [3.63, 3.8) is 0 Å². The number of aliphatic hydroxyl groups is 2. The molecule has 2 N–H and O–H groups in total. The summed E-state index contributed by atoms with van der Waals surface area (Å²) in [5, 5.41) is 17.1. The Morgan fingerprint density at radius 3 is 2.16 bits per heavy atom. The molecule has 0 spiro atoms. The molecule has 3 nitrogen and oxygen atoms in total. The van der Waals surface area contributed by atoms with Crippen molar-refractivity contribution in [2.45, 2.75) is 64.6 Å². The molecule has 0 aliphatic carbocycles. The molecule has 0 fully saturated rings. The van der Waals surface area contributed by atoms with Gasteiger partial charge in [-0.05, 0) is 20.3 Å². The predicted molar refractivity (Wildman–Crippen MR) is 129 cm³/mol. The molecule has 1 aromatic heterocycles. The number of fused-ring (bicyclic) bond motifs is 2. The van der Waals surface area contributed by atoms with E-state index < -0.39 is 0 Å². The molecular formula is C27H32IrNO2Se-. The summed E-state index contributed by atoms with van der Waals surface area (Å²) in [5.74, 6) is 0. The van der Waals surface area contributed by atoms with Crippen LogP contribution >= 0.6 is 0 Å². The average molecular weight is 674 g/mol. The number of rotatable bonds is 5. The summed E-state index contributed by atoms with van der Waals surface area (Å²) in [6.45, 7) is 7.95. The third kappa shape index (κ3) is 5.78. The maximum Gasteiger partial charge on any atom is 0 e. The summed E-state index contributed by atoms with van der Waals surface area (Å²) in [5.41, 5.74) is 5.27. The Labute approximate surface area is 212 Å². The molecule has 1 aliphatic rings. The number of benzene rings is 2. The Morgan fingerprint density at radius 1 is 0.938 bits per heavy atom. The van der Waals surface area contributed by atoms with Crippen LogP contribution in [0.1, 0.15) is 58.1 Å². The van der Waals surface area contributed by atoms with Crippen molar-refractivity contribution in [3.8, 4) is 11.3 Å². The zero-order valence-electron chi connectivity index (χ0n) is 19.1. The van der Waals surface area contributed by atoms with E-state index in [1.54, 1.807) is 13.8 Å². The van der Waals surface area contributed by atoms with Crippen LogP contribution in [0.3, 0.4) is 0 Å². The van der Waals surface area contributed by atoms with Gasteiger partial charge in [0.2, 0.25) is 0 Å². The zero-order valence-corrected chi connectivity index (χ0v) is 23.2. The van der Waals surface area contributed by atoms with E-state index in [9.17, 15) is 0 Å². The molecule has 0 saturated carbocycles. The molecule has 2 heterocycles.